The van der Waals surface area contributed by atoms with Crippen LogP contribution in [-0.4, -0.2) is 37.7 Å². The molecule has 0 aromatic carbocycles. The standard InChI is InChI=1S/C17H27ClN2O4Si/c1-17(2,3)25(4,5)24-10-8-13(12-21)15(11-20(22)23)14-7-6-9-19-16(14)18/h6-7,9,12-13,15H,8,10-11H2,1-5H3. The first-order valence-electron chi connectivity index (χ1n) is 8.31. The monoisotopic (exact) mass is 386 g/mol. The van der Waals surface area contributed by atoms with Gasteiger partial charge in [0.2, 0.25) is 6.54 Å². The SMILES string of the molecule is CC(C)(C)[Si](C)(C)OCCC(C=O)C(C[N+](=O)[O-])c1cccnc1Cl. The highest BCUT2D eigenvalue weighted by atomic mass is 35.5. The average molecular weight is 387 g/mol. The molecule has 0 amide bonds. The van der Waals surface area contributed by atoms with Crippen LogP contribution in [0.15, 0.2) is 18.3 Å². The molecule has 140 valence electrons. The summed E-state index contributed by atoms with van der Waals surface area (Å²) in [6.45, 7) is 10.7. The summed E-state index contributed by atoms with van der Waals surface area (Å²) >= 11 is 6.10. The third kappa shape index (κ3) is 6.16. The van der Waals surface area contributed by atoms with Gasteiger partial charge in [0.1, 0.15) is 11.4 Å². The number of aldehydes is 1. The van der Waals surface area contributed by atoms with E-state index in [9.17, 15) is 14.9 Å². The lowest BCUT2D eigenvalue weighted by Crippen LogP contribution is -2.41. The van der Waals surface area contributed by atoms with Crippen LogP contribution in [0.2, 0.25) is 23.3 Å². The maximum Gasteiger partial charge on any atom is 0.211 e. The molecule has 0 fully saturated rings. The Morgan fingerprint density at radius 2 is 2.08 bits per heavy atom. The summed E-state index contributed by atoms with van der Waals surface area (Å²) in [5, 5.41) is 11.3. The Hall–Kier alpha value is -1.31. The van der Waals surface area contributed by atoms with Gasteiger partial charge in [-0.2, -0.15) is 0 Å². The van der Waals surface area contributed by atoms with Gasteiger partial charge in [-0.15, -0.1) is 0 Å². The van der Waals surface area contributed by atoms with Gasteiger partial charge in [0, 0.05) is 23.6 Å². The minimum Gasteiger partial charge on any atom is -0.417 e. The molecule has 0 saturated heterocycles. The molecule has 0 aliphatic carbocycles. The summed E-state index contributed by atoms with van der Waals surface area (Å²) in [6, 6.07) is 3.36. The van der Waals surface area contributed by atoms with Crippen molar-refractivity contribution < 1.29 is 14.1 Å². The number of hydrogen-bond donors (Lipinski definition) is 0. The van der Waals surface area contributed by atoms with Crippen LogP contribution in [-0.2, 0) is 9.22 Å². The lowest BCUT2D eigenvalue weighted by molar-refractivity contribution is -0.484. The summed E-state index contributed by atoms with van der Waals surface area (Å²) in [5.74, 6) is -1.16. The molecular weight excluding hydrogens is 360 g/mol. The number of carbonyl (C=O) groups excluding carboxylic acids is 1. The number of nitro groups is 1. The zero-order valence-corrected chi connectivity index (χ0v) is 17.2. The number of halogens is 1. The van der Waals surface area contributed by atoms with Gasteiger partial charge in [0.15, 0.2) is 8.32 Å². The van der Waals surface area contributed by atoms with Crippen molar-refractivity contribution in [3.05, 3.63) is 39.2 Å². The minimum absolute atomic E-state index is 0.0660. The van der Waals surface area contributed by atoms with Crippen molar-refractivity contribution in [1.29, 1.82) is 0 Å². The number of aromatic nitrogens is 1. The Labute approximate surface area is 155 Å². The predicted octanol–water partition coefficient (Wildman–Crippen LogP) is 4.32. The van der Waals surface area contributed by atoms with Crippen LogP contribution in [0.25, 0.3) is 0 Å². The molecule has 1 rings (SSSR count). The molecule has 2 unspecified atom stereocenters. The second kappa shape index (κ2) is 8.87. The highest BCUT2D eigenvalue weighted by molar-refractivity contribution is 6.74. The van der Waals surface area contributed by atoms with Gasteiger partial charge in [-0.05, 0) is 36.2 Å². The molecular formula is C17H27ClN2O4Si. The van der Waals surface area contributed by atoms with Crippen LogP contribution in [0.1, 0.15) is 38.7 Å². The molecule has 0 aliphatic rings. The Bertz CT molecular complexity index is 605. The van der Waals surface area contributed by atoms with Crippen LogP contribution < -0.4 is 0 Å². The zero-order chi connectivity index (χ0) is 19.3. The number of hydrogen-bond acceptors (Lipinski definition) is 5. The second-order valence-electron chi connectivity index (χ2n) is 7.70. The van der Waals surface area contributed by atoms with Crippen molar-refractivity contribution >= 4 is 26.2 Å². The first kappa shape index (κ1) is 21.7. The van der Waals surface area contributed by atoms with E-state index in [1.165, 1.54) is 6.20 Å². The van der Waals surface area contributed by atoms with Crippen molar-refractivity contribution in [2.45, 2.75) is 51.2 Å². The van der Waals surface area contributed by atoms with E-state index in [-0.39, 0.29) is 16.7 Å². The molecule has 0 spiro atoms. The molecule has 2 atom stereocenters. The highest BCUT2D eigenvalue weighted by Crippen LogP contribution is 2.37. The normalized spacial score (nSPS) is 14.8. The van der Waals surface area contributed by atoms with E-state index in [1.807, 2.05) is 0 Å². The van der Waals surface area contributed by atoms with E-state index in [4.69, 9.17) is 16.0 Å². The molecule has 0 aliphatic heterocycles. The van der Waals surface area contributed by atoms with Gasteiger partial charge in [-0.25, -0.2) is 4.98 Å². The smallest absolute Gasteiger partial charge is 0.211 e. The fourth-order valence-electron chi connectivity index (χ4n) is 2.33. The molecule has 8 heteroatoms. The summed E-state index contributed by atoms with van der Waals surface area (Å²) < 4.78 is 6.11. The van der Waals surface area contributed by atoms with Crippen LogP contribution in [0.5, 0.6) is 0 Å². The first-order chi connectivity index (χ1) is 11.5. The van der Waals surface area contributed by atoms with E-state index in [0.29, 0.717) is 18.6 Å². The highest BCUT2D eigenvalue weighted by Gasteiger charge is 2.37. The van der Waals surface area contributed by atoms with Crippen LogP contribution in [0.4, 0.5) is 0 Å². The largest absolute Gasteiger partial charge is 0.417 e. The van der Waals surface area contributed by atoms with Gasteiger partial charge in [-0.3, -0.25) is 10.1 Å². The van der Waals surface area contributed by atoms with Crippen LogP contribution in [0.3, 0.4) is 0 Å². The number of pyridine rings is 1. The molecule has 0 radical (unpaired) electrons. The molecule has 1 aromatic heterocycles. The summed E-state index contributed by atoms with van der Waals surface area (Å²) in [5.41, 5.74) is 0.533. The quantitative estimate of drug-likeness (QED) is 0.207. The fourth-order valence-corrected chi connectivity index (χ4v) is 3.65. The van der Waals surface area contributed by atoms with E-state index in [1.54, 1.807) is 12.1 Å². The molecule has 0 bridgehead atoms. The van der Waals surface area contributed by atoms with Crippen molar-refractivity contribution in [2.75, 3.05) is 13.2 Å². The minimum atomic E-state index is -1.93. The fraction of sp³-hybridized carbons (Fsp3) is 0.647. The van der Waals surface area contributed by atoms with Gasteiger partial charge < -0.3 is 9.22 Å². The third-order valence-corrected chi connectivity index (χ3v) is 9.80. The lowest BCUT2D eigenvalue weighted by Gasteiger charge is -2.36. The average Bonchev–Trinajstić information content (AvgIpc) is 2.49. The van der Waals surface area contributed by atoms with E-state index >= 15 is 0 Å². The Morgan fingerprint density at radius 3 is 2.56 bits per heavy atom. The zero-order valence-electron chi connectivity index (χ0n) is 15.5. The van der Waals surface area contributed by atoms with E-state index in [0.717, 1.165) is 6.29 Å². The van der Waals surface area contributed by atoms with Gasteiger partial charge in [0.05, 0.1) is 5.92 Å². The third-order valence-electron chi connectivity index (χ3n) is 4.95. The summed E-state index contributed by atoms with van der Waals surface area (Å²) in [4.78, 5) is 26.3. The van der Waals surface area contributed by atoms with E-state index < -0.39 is 25.1 Å². The summed E-state index contributed by atoms with van der Waals surface area (Å²) in [7, 11) is -1.93. The summed E-state index contributed by atoms with van der Waals surface area (Å²) in [6.07, 6.45) is 2.71. The molecule has 1 heterocycles. The van der Waals surface area contributed by atoms with Crippen LogP contribution >= 0.6 is 11.6 Å². The lowest BCUT2D eigenvalue weighted by atomic mass is 9.85. The number of carbonyl (C=O) groups is 1. The number of rotatable bonds is 9. The number of nitrogens with zero attached hydrogens (tertiary/aromatic N) is 2. The molecule has 6 nitrogen and oxygen atoms in total. The van der Waals surface area contributed by atoms with Gasteiger partial charge >= 0.3 is 0 Å². The van der Waals surface area contributed by atoms with Crippen molar-refractivity contribution in [3.63, 3.8) is 0 Å². The predicted molar refractivity (Wildman–Crippen MR) is 101 cm³/mol. The maximum atomic E-state index is 11.6. The van der Waals surface area contributed by atoms with Crippen molar-refractivity contribution in [3.8, 4) is 0 Å². The Kier molecular flexibility index (Phi) is 7.71. The molecule has 1 aromatic rings. The Morgan fingerprint density at radius 1 is 1.44 bits per heavy atom. The van der Waals surface area contributed by atoms with Gasteiger partial charge in [0.25, 0.3) is 0 Å². The molecule has 0 saturated carbocycles. The van der Waals surface area contributed by atoms with Gasteiger partial charge in [-0.1, -0.05) is 38.4 Å². The van der Waals surface area contributed by atoms with Crippen molar-refractivity contribution in [1.82, 2.24) is 4.98 Å². The van der Waals surface area contributed by atoms with Crippen LogP contribution in [0, 0.1) is 16.0 Å². The van der Waals surface area contributed by atoms with E-state index in [2.05, 4.69) is 38.8 Å². The first-order valence-corrected chi connectivity index (χ1v) is 11.6. The second-order valence-corrected chi connectivity index (χ2v) is 12.9. The maximum absolute atomic E-state index is 11.6. The topological polar surface area (TPSA) is 82.3 Å². The molecule has 0 N–H and O–H groups in total. The van der Waals surface area contributed by atoms with Crippen molar-refractivity contribution in [2.24, 2.45) is 5.92 Å². The molecule has 25 heavy (non-hydrogen) atoms. The Balaban J connectivity index is 2.91.